The van der Waals surface area contributed by atoms with Crippen molar-refractivity contribution in [2.75, 3.05) is 44.7 Å². The number of hydrogen-bond donors (Lipinski definition) is 1. The molecular weight excluding hydrogens is 428 g/mol. The van der Waals surface area contributed by atoms with Crippen LogP contribution in [0.5, 0.6) is 0 Å². The second-order valence-electron chi connectivity index (χ2n) is 6.44. The highest BCUT2D eigenvalue weighted by atomic mass is 79.9. The fraction of sp³-hybridized carbons (Fsp3) is 0.300. The molecule has 140 valence electrons. The van der Waals surface area contributed by atoms with E-state index in [1.165, 1.54) is 0 Å². The van der Waals surface area contributed by atoms with Crippen LogP contribution in [-0.4, -0.2) is 54.3 Å². The van der Waals surface area contributed by atoms with E-state index < -0.39 is 0 Å². The molecule has 1 N–H and O–H groups in total. The first-order valence-electron chi connectivity index (χ1n) is 8.96. The zero-order valence-electron chi connectivity index (χ0n) is 14.8. The highest BCUT2D eigenvalue weighted by molar-refractivity contribution is 9.10. The number of aromatic nitrogens is 2. The maximum Gasteiger partial charge on any atom is 0.162 e. The van der Waals surface area contributed by atoms with Crippen molar-refractivity contribution in [3.63, 3.8) is 0 Å². The van der Waals surface area contributed by atoms with Crippen molar-refractivity contribution in [1.82, 2.24) is 14.9 Å². The number of benzene rings is 2. The summed E-state index contributed by atoms with van der Waals surface area (Å²) in [6.07, 6.45) is 0. The minimum atomic E-state index is 0.669. The molecule has 3 aromatic rings. The summed E-state index contributed by atoms with van der Waals surface area (Å²) in [7, 11) is 0. The van der Waals surface area contributed by atoms with Crippen LogP contribution in [-0.2, 0) is 4.74 Å². The summed E-state index contributed by atoms with van der Waals surface area (Å²) in [5.74, 6) is 1.52. The number of rotatable bonds is 5. The van der Waals surface area contributed by atoms with Gasteiger partial charge in [0.1, 0.15) is 5.82 Å². The minimum Gasteiger partial charge on any atom is -0.379 e. The van der Waals surface area contributed by atoms with Gasteiger partial charge < -0.3 is 10.1 Å². The van der Waals surface area contributed by atoms with Gasteiger partial charge in [-0.3, -0.25) is 4.90 Å². The van der Waals surface area contributed by atoms with Crippen molar-refractivity contribution < 1.29 is 4.74 Å². The fourth-order valence-electron chi connectivity index (χ4n) is 3.12. The third-order valence-electron chi connectivity index (χ3n) is 4.59. The van der Waals surface area contributed by atoms with Gasteiger partial charge in [-0.25, -0.2) is 9.97 Å². The van der Waals surface area contributed by atoms with Crippen LogP contribution in [0, 0.1) is 0 Å². The molecule has 1 fully saturated rings. The maximum atomic E-state index is 6.19. The van der Waals surface area contributed by atoms with Crippen molar-refractivity contribution in [2.45, 2.75) is 0 Å². The van der Waals surface area contributed by atoms with Crippen molar-refractivity contribution in [1.29, 1.82) is 0 Å². The monoisotopic (exact) mass is 446 g/mol. The first kappa shape index (κ1) is 18.6. The molecule has 5 nitrogen and oxygen atoms in total. The molecule has 1 saturated heterocycles. The Morgan fingerprint density at radius 1 is 1.07 bits per heavy atom. The number of morpholine rings is 1. The van der Waals surface area contributed by atoms with Gasteiger partial charge in [0.25, 0.3) is 0 Å². The predicted molar refractivity (Wildman–Crippen MR) is 113 cm³/mol. The van der Waals surface area contributed by atoms with Gasteiger partial charge in [-0.15, -0.1) is 0 Å². The van der Waals surface area contributed by atoms with Crippen LogP contribution in [0.15, 0.2) is 46.9 Å². The topological polar surface area (TPSA) is 50.3 Å². The largest absolute Gasteiger partial charge is 0.379 e. The Labute approximate surface area is 171 Å². The molecule has 1 aliphatic heterocycles. The maximum absolute atomic E-state index is 6.19. The summed E-state index contributed by atoms with van der Waals surface area (Å²) in [5, 5.41) is 5.13. The molecule has 0 radical (unpaired) electrons. The summed E-state index contributed by atoms with van der Waals surface area (Å²) in [5.41, 5.74) is 1.81. The lowest BCUT2D eigenvalue weighted by molar-refractivity contribution is 0.0398. The lowest BCUT2D eigenvalue weighted by atomic mass is 10.2. The normalized spacial score (nSPS) is 15.2. The summed E-state index contributed by atoms with van der Waals surface area (Å²) >= 11 is 9.66. The Bertz CT molecular complexity index is 929. The summed E-state index contributed by atoms with van der Waals surface area (Å²) in [6.45, 7) is 5.34. The summed E-state index contributed by atoms with van der Waals surface area (Å²) < 4.78 is 6.43. The molecule has 0 aliphatic carbocycles. The molecular formula is C20H20BrClN4O. The Balaban J connectivity index is 1.61. The van der Waals surface area contributed by atoms with E-state index in [9.17, 15) is 0 Å². The molecule has 0 spiro atoms. The smallest absolute Gasteiger partial charge is 0.162 e. The van der Waals surface area contributed by atoms with Crippen LogP contribution in [0.2, 0.25) is 5.02 Å². The molecule has 2 aromatic carbocycles. The van der Waals surface area contributed by atoms with Crippen molar-refractivity contribution in [2.24, 2.45) is 0 Å². The quantitative estimate of drug-likeness (QED) is 0.626. The van der Waals surface area contributed by atoms with Crippen molar-refractivity contribution in [3.8, 4) is 11.4 Å². The van der Waals surface area contributed by atoms with E-state index >= 15 is 0 Å². The third kappa shape index (κ3) is 4.58. The molecule has 0 unspecified atom stereocenters. The lowest BCUT2D eigenvalue weighted by Crippen LogP contribution is -2.39. The number of ether oxygens (including phenoxy) is 1. The van der Waals surface area contributed by atoms with E-state index in [0.29, 0.717) is 10.8 Å². The number of nitrogens with zero attached hydrogens (tertiary/aromatic N) is 3. The van der Waals surface area contributed by atoms with Gasteiger partial charge in [0.05, 0.1) is 18.7 Å². The first-order valence-corrected chi connectivity index (χ1v) is 10.1. The van der Waals surface area contributed by atoms with Crippen LogP contribution in [0.4, 0.5) is 5.82 Å². The van der Waals surface area contributed by atoms with Crippen molar-refractivity contribution in [3.05, 3.63) is 52.0 Å². The van der Waals surface area contributed by atoms with E-state index in [1.54, 1.807) is 0 Å². The lowest BCUT2D eigenvalue weighted by Gasteiger charge is -2.26. The van der Waals surface area contributed by atoms with E-state index in [4.69, 9.17) is 26.3 Å². The molecule has 1 aliphatic rings. The first-order chi connectivity index (χ1) is 13.2. The molecule has 0 amide bonds. The average Bonchev–Trinajstić information content (AvgIpc) is 2.69. The molecule has 2 heterocycles. The van der Waals surface area contributed by atoms with E-state index in [1.807, 2.05) is 42.5 Å². The van der Waals surface area contributed by atoms with Gasteiger partial charge in [-0.1, -0.05) is 39.7 Å². The van der Waals surface area contributed by atoms with Crippen LogP contribution in [0.1, 0.15) is 0 Å². The molecule has 0 atom stereocenters. The number of anilines is 1. The molecule has 7 heteroatoms. The molecule has 0 bridgehead atoms. The standard InChI is InChI=1S/C20H20BrClN4O/c21-15-3-1-14(2-4-15)19-24-18-13-16(22)5-6-17(18)20(25-19)23-7-8-26-9-11-27-12-10-26/h1-6,13H,7-12H2,(H,23,24,25). The molecule has 0 saturated carbocycles. The summed E-state index contributed by atoms with van der Waals surface area (Å²) in [6, 6.07) is 13.7. The van der Waals surface area contributed by atoms with Crippen LogP contribution >= 0.6 is 27.5 Å². The number of fused-ring (bicyclic) bond motifs is 1. The van der Waals surface area contributed by atoms with Gasteiger partial charge in [0.15, 0.2) is 5.82 Å². The Kier molecular flexibility index (Phi) is 5.88. The van der Waals surface area contributed by atoms with Gasteiger partial charge >= 0.3 is 0 Å². The van der Waals surface area contributed by atoms with Gasteiger partial charge in [0.2, 0.25) is 0 Å². The Morgan fingerprint density at radius 2 is 1.85 bits per heavy atom. The average molecular weight is 448 g/mol. The highest BCUT2D eigenvalue weighted by Crippen LogP contribution is 2.27. The number of nitrogens with one attached hydrogen (secondary N) is 1. The summed E-state index contributed by atoms with van der Waals surface area (Å²) in [4.78, 5) is 11.9. The second-order valence-corrected chi connectivity index (χ2v) is 7.80. The zero-order chi connectivity index (χ0) is 18.6. The van der Waals surface area contributed by atoms with Gasteiger partial charge in [-0.05, 0) is 30.3 Å². The number of hydrogen-bond acceptors (Lipinski definition) is 5. The minimum absolute atomic E-state index is 0.669. The highest BCUT2D eigenvalue weighted by Gasteiger charge is 2.12. The molecule has 27 heavy (non-hydrogen) atoms. The van der Waals surface area contributed by atoms with Crippen molar-refractivity contribution >= 4 is 44.3 Å². The third-order valence-corrected chi connectivity index (χ3v) is 5.35. The van der Waals surface area contributed by atoms with Gasteiger partial charge in [0, 0.05) is 46.6 Å². The molecule has 4 rings (SSSR count). The fourth-order valence-corrected chi connectivity index (χ4v) is 3.55. The zero-order valence-corrected chi connectivity index (χ0v) is 17.1. The second kappa shape index (κ2) is 8.52. The Morgan fingerprint density at radius 3 is 2.63 bits per heavy atom. The predicted octanol–water partition coefficient (Wildman–Crippen LogP) is 4.46. The van der Waals surface area contributed by atoms with Crippen LogP contribution in [0.25, 0.3) is 22.3 Å². The molecule has 1 aromatic heterocycles. The number of halogens is 2. The van der Waals surface area contributed by atoms with E-state index in [2.05, 4.69) is 26.1 Å². The van der Waals surface area contributed by atoms with E-state index in [0.717, 1.165) is 66.1 Å². The van der Waals surface area contributed by atoms with Crippen LogP contribution in [0.3, 0.4) is 0 Å². The Hall–Kier alpha value is -1.73. The van der Waals surface area contributed by atoms with Gasteiger partial charge in [-0.2, -0.15) is 0 Å². The SMILES string of the molecule is Clc1ccc2c(NCCN3CCOCC3)nc(-c3ccc(Br)cc3)nc2c1. The van der Waals surface area contributed by atoms with E-state index in [-0.39, 0.29) is 0 Å². The van der Waals surface area contributed by atoms with Crippen LogP contribution < -0.4 is 5.32 Å².